The highest BCUT2D eigenvalue weighted by molar-refractivity contribution is 5.85. The standard InChI is InChI=1S/C7H15NO.ClH/c1-7(2)5-9-4-6(7)3-8;/h6H,3-5,8H2,1-2H3;1H. The summed E-state index contributed by atoms with van der Waals surface area (Å²) in [5, 5.41) is 0. The third-order valence-electron chi connectivity index (χ3n) is 2.18. The highest BCUT2D eigenvalue weighted by atomic mass is 35.5. The molecule has 0 aliphatic carbocycles. The Labute approximate surface area is 68.5 Å². The summed E-state index contributed by atoms with van der Waals surface area (Å²) in [6.07, 6.45) is 0. The maximum absolute atomic E-state index is 5.53. The predicted molar refractivity (Wildman–Crippen MR) is 44.4 cm³/mol. The molecule has 0 saturated carbocycles. The second-order valence-corrected chi connectivity index (χ2v) is 3.44. The fourth-order valence-corrected chi connectivity index (χ4v) is 1.19. The van der Waals surface area contributed by atoms with Gasteiger partial charge in [-0.15, -0.1) is 12.4 Å². The van der Waals surface area contributed by atoms with E-state index in [-0.39, 0.29) is 12.4 Å². The molecule has 0 radical (unpaired) electrons. The molecule has 2 N–H and O–H groups in total. The van der Waals surface area contributed by atoms with Crippen molar-refractivity contribution in [1.29, 1.82) is 0 Å². The molecular weight excluding hydrogens is 150 g/mol. The van der Waals surface area contributed by atoms with Crippen LogP contribution in [0.15, 0.2) is 0 Å². The zero-order chi connectivity index (χ0) is 6.91. The Bertz CT molecular complexity index is 106. The largest absolute Gasteiger partial charge is 0.381 e. The van der Waals surface area contributed by atoms with Crippen LogP contribution in [-0.2, 0) is 4.74 Å². The molecule has 2 nitrogen and oxygen atoms in total. The lowest BCUT2D eigenvalue weighted by Crippen LogP contribution is -2.28. The third-order valence-corrected chi connectivity index (χ3v) is 2.18. The highest BCUT2D eigenvalue weighted by Gasteiger charge is 2.34. The lowest BCUT2D eigenvalue weighted by atomic mass is 9.82. The van der Waals surface area contributed by atoms with Crippen molar-refractivity contribution in [2.24, 2.45) is 17.1 Å². The third kappa shape index (κ3) is 1.84. The Kier molecular flexibility index (Phi) is 3.63. The van der Waals surface area contributed by atoms with Gasteiger partial charge in [-0.05, 0) is 12.0 Å². The first-order valence-electron chi connectivity index (χ1n) is 3.44. The minimum absolute atomic E-state index is 0. The first kappa shape index (κ1) is 10.2. The summed E-state index contributed by atoms with van der Waals surface area (Å²) in [4.78, 5) is 0. The quantitative estimate of drug-likeness (QED) is 0.630. The minimum Gasteiger partial charge on any atom is -0.381 e. The SMILES string of the molecule is CC1(C)COCC1CN.Cl. The summed E-state index contributed by atoms with van der Waals surface area (Å²) < 4.78 is 5.28. The van der Waals surface area contributed by atoms with Gasteiger partial charge in [-0.25, -0.2) is 0 Å². The number of nitrogens with two attached hydrogens (primary N) is 1. The van der Waals surface area contributed by atoms with Crippen molar-refractivity contribution in [2.45, 2.75) is 13.8 Å². The second-order valence-electron chi connectivity index (χ2n) is 3.44. The second kappa shape index (κ2) is 3.56. The van der Waals surface area contributed by atoms with E-state index in [9.17, 15) is 0 Å². The first-order chi connectivity index (χ1) is 4.17. The van der Waals surface area contributed by atoms with Crippen LogP contribution in [0, 0.1) is 11.3 Å². The van der Waals surface area contributed by atoms with Gasteiger partial charge in [0.1, 0.15) is 0 Å². The molecule has 1 aliphatic rings. The molecule has 1 unspecified atom stereocenters. The normalized spacial score (nSPS) is 29.7. The molecule has 0 spiro atoms. The summed E-state index contributed by atoms with van der Waals surface area (Å²) >= 11 is 0. The molecule has 1 aliphatic heterocycles. The number of rotatable bonds is 1. The fourth-order valence-electron chi connectivity index (χ4n) is 1.19. The van der Waals surface area contributed by atoms with Crippen molar-refractivity contribution in [3.05, 3.63) is 0 Å². The molecule has 1 fully saturated rings. The van der Waals surface area contributed by atoms with Gasteiger partial charge >= 0.3 is 0 Å². The van der Waals surface area contributed by atoms with Crippen LogP contribution in [0.2, 0.25) is 0 Å². The molecule has 10 heavy (non-hydrogen) atoms. The van der Waals surface area contributed by atoms with E-state index in [1.165, 1.54) is 0 Å². The zero-order valence-electron chi connectivity index (χ0n) is 6.59. The van der Waals surface area contributed by atoms with Gasteiger partial charge in [0.15, 0.2) is 0 Å². The molecule has 1 atom stereocenters. The van der Waals surface area contributed by atoms with Crippen LogP contribution in [-0.4, -0.2) is 19.8 Å². The Morgan fingerprint density at radius 2 is 2.20 bits per heavy atom. The van der Waals surface area contributed by atoms with Crippen LogP contribution in [0.1, 0.15) is 13.8 Å². The van der Waals surface area contributed by atoms with Gasteiger partial charge in [-0.2, -0.15) is 0 Å². The average Bonchev–Trinajstić information content (AvgIpc) is 2.08. The lowest BCUT2D eigenvalue weighted by Gasteiger charge is -2.22. The monoisotopic (exact) mass is 165 g/mol. The first-order valence-corrected chi connectivity index (χ1v) is 3.44. The summed E-state index contributed by atoms with van der Waals surface area (Å²) in [7, 11) is 0. The van der Waals surface area contributed by atoms with E-state index in [2.05, 4.69) is 13.8 Å². The van der Waals surface area contributed by atoms with Crippen LogP contribution in [0.3, 0.4) is 0 Å². The van der Waals surface area contributed by atoms with E-state index in [1.807, 2.05) is 0 Å². The molecule has 0 aromatic carbocycles. The van der Waals surface area contributed by atoms with Crippen LogP contribution in [0.4, 0.5) is 0 Å². The maximum atomic E-state index is 5.53. The highest BCUT2D eigenvalue weighted by Crippen LogP contribution is 2.31. The molecule has 3 heteroatoms. The Hall–Kier alpha value is 0.210. The summed E-state index contributed by atoms with van der Waals surface area (Å²) in [5.41, 5.74) is 5.84. The van der Waals surface area contributed by atoms with E-state index in [4.69, 9.17) is 10.5 Å². The fraction of sp³-hybridized carbons (Fsp3) is 1.00. The van der Waals surface area contributed by atoms with E-state index in [1.54, 1.807) is 0 Å². The van der Waals surface area contributed by atoms with Crippen molar-refractivity contribution >= 4 is 12.4 Å². The van der Waals surface area contributed by atoms with Crippen molar-refractivity contribution in [3.8, 4) is 0 Å². The number of hydrogen-bond donors (Lipinski definition) is 1. The predicted octanol–water partition coefficient (Wildman–Crippen LogP) is 1.04. The van der Waals surface area contributed by atoms with Crippen LogP contribution >= 0.6 is 12.4 Å². The van der Waals surface area contributed by atoms with Gasteiger partial charge in [0.25, 0.3) is 0 Å². The van der Waals surface area contributed by atoms with Gasteiger partial charge < -0.3 is 10.5 Å². The summed E-state index contributed by atoms with van der Waals surface area (Å²) in [6.45, 7) is 6.89. The molecule has 1 heterocycles. The topological polar surface area (TPSA) is 35.2 Å². The van der Waals surface area contributed by atoms with Crippen molar-refractivity contribution < 1.29 is 4.74 Å². The molecule has 1 saturated heterocycles. The Morgan fingerprint density at radius 1 is 1.60 bits per heavy atom. The summed E-state index contributed by atoms with van der Waals surface area (Å²) in [5.74, 6) is 0.567. The van der Waals surface area contributed by atoms with Gasteiger partial charge in [-0.3, -0.25) is 0 Å². The number of ether oxygens (including phenoxy) is 1. The Balaban J connectivity index is 0.000000810. The maximum Gasteiger partial charge on any atom is 0.0521 e. The van der Waals surface area contributed by atoms with Crippen LogP contribution < -0.4 is 5.73 Å². The number of hydrogen-bond acceptors (Lipinski definition) is 2. The van der Waals surface area contributed by atoms with E-state index in [0.717, 1.165) is 19.8 Å². The molecule has 0 amide bonds. The van der Waals surface area contributed by atoms with Crippen molar-refractivity contribution in [1.82, 2.24) is 0 Å². The van der Waals surface area contributed by atoms with Gasteiger partial charge in [-0.1, -0.05) is 13.8 Å². The van der Waals surface area contributed by atoms with E-state index < -0.39 is 0 Å². The van der Waals surface area contributed by atoms with Crippen LogP contribution in [0.5, 0.6) is 0 Å². The Morgan fingerprint density at radius 3 is 2.40 bits per heavy atom. The van der Waals surface area contributed by atoms with Gasteiger partial charge in [0, 0.05) is 5.92 Å². The van der Waals surface area contributed by atoms with Gasteiger partial charge in [0.2, 0.25) is 0 Å². The van der Waals surface area contributed by atoms with Gasteiger partial charge in [0.05, 0.1) is 13.2 Å². The molecular formula is C7H16ClNO. The number of halogens is 1. The molecule has 62 valence electrons. The summed E-state index contributed by atoms with van der Waals surface area (Å²) in [6, 6.07) is 0. The van der Waals surface area contributed by atoms with Crippen LogP contribution in [0.25, 0.3) is 0 Å². The molecule has 1 rings (SSSR count). The molecule has 0 aromatic rings. The van der Waals surface area contributed by atoms with Crippen molar-refractivity contribution in [2.75, 3.05) is 19.8 Å². The van der Waals surface area contributed by atoms with E-state index >= 15 is 0 Å². The molecule has 0 bridgehead atoms. The minimum atomic E-state index is 0. The smallest absolute Gasteiger partial charge is 0.0521 e. The van der Waals surface area contributed by atoms with Crippen molar-refractivity contribution in [3.63, 3.8) is 0 Å². The lowest BCUT2D eigenvalue weighted by molar-refractivity contribution is 0.166. The van der Waals surface area contributed by atoms with E-state index in [0.29, 0.717) is 11.3 Å². The molecule has 0 aromatic heterocycles. The average molecular weight is 166 g/mol. The zero-order valence-corrected chi connectivity index (χ0v) is 7.41.